The Morgan fingerprint density at radius 1 is 1.56 bits per heavy atom. The van der Waals surface area contributed by atoms with Gasteiger partial charge in [0.25, 0.3) is 0 Å². The number of hydrogen-bond donors (Lipinski definition) is 1. The highest BCUT2D eigenvalue weighted by atomic mass is 35.5. The van der Waals surface area contributed by atoms with Gasteiger partial charge in [0, 0.05) is 13.1 Å². The van der Waals surface area contributed by atoms with Crippen LogP contribution in [0.2, 0.25) is 5.28 Å². The van der Waals surface area contributed by atoms with Gasteiger partial charge in [-0.1, -0.05) is 0 Å². The van der Waals surface area contributed by atoms with Crippen molar-refractivity contribution in [1.82, 2.24) is 15.0 Å². The summed E-state index contributed by atoms with van der Waals surface area (Å²) >= 11 is 5.80. The number of halogens is 1. The number of nitrogens with zero attached hydrogens (tertiary/aromatic N) is 4. The van der Waals surface area contributed by atoms with E-state index >= 15 is 0 Å². The molecule has 18 heavy (non-hydrogen) atoms. The number of rotatable bonds is 4. The minimum atomic E-state index is -0.303. The van der Waals surface area contributed by atoms with Crippen LogP contribution in [0.5, 0.6) is 6.01 Å². The molecule has 1 amide bonds. The van der Waals surface area contributed by atoms with Crippen molar-refractivity contribution in [2.45, 2.75) is 13.3 Å². The summed E-state index contributed by atoms with van der Waals surface area (Å²) in [5.41, 5.74) is 5.28. The Bertz CT molecular complexity index is 456. The van der Waals surface area contributed by atoms with Crippen LogP contribution in [0.15, 0.2) is 0 Å². The number of carbonyl (C=O) groups excluding carboxylic acids is 1. The van der Waals surface area contributed by atoms with Crippen molar-refractivity contribution in [3.8, 4) is 6.01 Å². The Morgan fingerprint density at radius 3 is 2.94 bits per heavy atom. The van der Waals surface area contributed by atoms with E-state index in [0.717, 1.165) is 0 Å². The second-order valence-corrected chi connectivity index (χ2v) is 4.29. The first-order valence-corrected chi connectivity index (χ1v) is 6.06. The van der Waals surface area contributed by atoms with E-state index in [1.54, 1.807) is 0 Å². The highest BCUT2D eigenvalue weighted by Gasteiger charge is 2.28. The molecular weight excluding hydrogens is 258 g/mol. The third kappa shape index (κ3) is 2.79. The largest absolute Gasteiger partial charge is 0.464 e. The Balaban J connectivity index is 2.16. The van der Waals surface area contributed by atoms with E-state index in [0.29, 0.717) is 32.1 Å². The normalized spacial score (nSPS) is 19.0. The molecule has 1 aliphatic heterocycles. The number of ether oxygens (including phenoxy) is 1. The summed E-state index contributed by atoms with van der Waals surface area (Å²) in [4.78, 5) is 25.0. The summed E-state index contributed by atoms with van der Waals surface area (Å²) in [7, 11) is 0. The van der Waals surface area contributed by atoms with Crippen molar-refractivity contribution in [3.05, 3.63) is 5.28 Å². The predicted octanol–water partition coefficient (Wildman–Crippen LogP) is 0.235. The van der Waals surface area contributed by atoms with Gasteiger partial charge < -0.3 is 15.4 Å². The van der Waals surface area contributed by atoms with Gasteiger partial charge in [-0.25, -0.2) is 0 Å². The maximum absolute atomic E-state index is 11.1. The van der Waals surface area contributed by atoms with Crippen molar-refractivity contribution < 1.29 is 9.53 Å². The lowest BCUT2D eigenvalue weighted by Gasteiger charge is -2.15. The standard InChI is InChI=1S/C10H14ClN5O2/c1-2-18-10-14-8(11)13-9(15-10)16-4-3-6(5-16)7(12)17/h6H,2-5H2,1H3,(H2,12,17). The highest BCUT2D eigenvalue weighted by molar-refractivity contribution is 6.28. The van der Waals surface area contributed by atoms with Crippen molar-refractivity contribution in [3.63, 3.8) is 0 Å². The van der Waals surface area contributed by atoms with Crippen LogP contribution < -0.4 is 15.4 Å². The van der Waals surface area contributed by atoms with Gasteiger partial charge in [-0.15, -0.1) is 0 Å². The molecule has 1 saturated heterocycles. The molecule has 0 aliphatic carbocycles. The molecule has 2 rings (SSSR count). The van der Waals surface area contributed by atoms with Gasteiger partial charge in [0.2, 0.25) is 17.1 Å². The van der Waals surface area contributed by atoms with E-state index < -0.39 is 0 Å². The summed E-state index contributed by atoms with van der Waals surface area (Å²) in [5.74, 6) is -0.0547. The molecule has 0 saturated carbocycles. The van der Waals surface area contributed by atoms with Crippen LogP contribution in [0.4, 0.5) is 5.95 Å². The molecule has 2 N–H and O–H groups in total. The number of aromatic nitrogens is 3. The third-order valence-corrected chi connectivity index (χ3v) is 2.89. The Hall–Kier alpha value is -1.63. The van der Waals surface area contributed by atoms with Gasteiger partial charge in [-0.05, 0) is 24.9 Å². The van der Waals surface area contributed by atoms with Crippen LogP contribution >= 0.6 is 11.6 Å². The molecule has 1 atom stereocenters. The monoisotopic (exact) mass is 271 g/mol. The maximum Gasteiger partial charge on any atom is 0.322 e. The van der Waals surface area contributed by atoms with Gasteiger partial charge in [-0.3, -0.25) is 4.79 Å². The Kier molecular flexibility index (Phi) is 3.81. The molecular formula is C10H14ClN5O2. The molecule has 0 bridgehead atoms. The number of amides is 1. The van der Waals surface area contributed by atoms with E-state index in [1.807, 2.05) is 11.8 Å². The van der Waals surface area contributed by atoms with Gasteiger partial charge >= 0.3 is 6.01 Å². The summed E-state index contributed by atoms with van der Waals surface area (Å²) in [6.45, 7) is 3.45. The molecule has 0 aromatic carbocycles. The fourth-order valence-electron chi connectivity index (χ4n) is 1.83. The van der Waals surface area contributed by atoms with Crippen molar-refractivity contribution in [2.24, 2.45) is 11.7 Å². The van der Waals surface area contributed by atoms with Gasteiger partial charge in [0.1, 0.15) is 0 Å². The van der Waals surface area contributed by atoms with Gasteiger partial charge in [-0.2, -0.15) is 15.0 Å². The zero-order valence-electron chi connectivity index (χ0n) is 9.97. The average Bonchev–Trinajstić information content (AvgIpc) is 2.78. The topological polar surface area (TPSA) is 94.2 Å². The lowest BCUT2D eigenvalue weighted by Crippen LogP contribution is -2.28. The first-order chi connectivity index (χ1) is 8.60. The van der Waals surface area contributed by atoms with E-state index in [2.05, 4.69) is 15.0 Å². The summed E-state index contributed by atoms with van der Waals surface area (Å²) in [5, 5.41) is 0.0750. The van der Waals surface area contributed by atoms with Gasteiger partial charge in [0.05, 0.1) is 12.5 Å². The number of nitrogens with two attached hydrogens (primary N) is 1. The minimum absolute atomic E-state index is 0.0750. The van der Waals surface area contributed by atoms with Crippen LogP contribution in [0.25, 0.3) is 0 Å². The number of primary amides is 1. The van der Waals surface area contributed by atoms with Crippen LogP contribution in [-0.2, 0) is 4.79 Å². The lowest BCUT2D eigenvalue weighted by atomic mass is 10.1. The van der Waals surface area contributed by atoms with Gasteiger partial charge in [0.15, 0.2) is 0 Å². The zero-order chi connectivity index (χ0) is 13.1. The summed E-state index contributed by atoms with van der Waals surface area (Å²) < 4.78 is 5.20. The predicted molar refractivity (Wildman–Crippen MR) is 65.5 cm³/mol. The van der Waals surface area contributed by atoms with E-state index in [9.17, 15) is 4.79 Å². The van der Waals surface area contributed by atoms with Crippen LogP contribution in [0.1, 0.15) is 13.3 Å². The first kappa shape index (κ1) is 12.8. The zero-order valence-corrected chi connectivity index (χ0v) is 10.7. The number of carbonyl (C=O) groups is 1. The number of hydrogen-bond acceptors (Lipinski definition) is 6. The molecule has 0 radical (unpaired) electrons. The SMILES string of the molecule is CCOc1nc(Cl)nc(N2CCC(C(N)=O)C2)n1. The lowest BCUT2D eigenvalue weighted by molar-refractivity contribution is -0.121. The second-order valence-electron chi connectivity index (χ2n) is 3.95. The maximum atomic E-state index is 11.1. The van der Waals surface area contributed by atoms with Crippen LogP contribution in [0.3, 0.4) is 0 Å². The Morgan fingerprint density at radius 2 is 2.33 bits per heavy atom. The third-order valence-electron chi connectivity index (χ3n) is 2.72. The summed E-state index contributed by atoms with van der Waals surface area (Å²) in [6.07, 6.45) is 0.697. The molecule has 98 valence electrons. The highest BCUT2D eigenvalue weighted by Crippen LogP contribution is 2.22. The number of anilines is 1. The summed E-state index contributed by atoms with van der Waals surface area (Å²) in [6, 6.07) is 0.190. The molecule has 8 heteroatoms. The van der Waals surface area contributed by atoms with E-state index in [4.69, 9.17) is 22.1 Å². The molecule has 1 aliphatic rings. The first-order valence-electron chi connectivity index (χ1n) is 5.68. The molecule has 2 heterocycles. The molecule has 1 aromatic heterocycles. The average molecular weight is 272 g/mol. The molecule has 0 spiro atoms. The minimum Gasteiger partial charge on any atom is -0.464 e. The smallest absolute Gasteiger partial charge is 0.322 e. The fraction of sp³-hybridized carbons (Fsp3) is 0.600. The van der Waals surface area contributed by atoms with Crippen molar-refractivity contribution >= 4 is 23.5 Å². The van der Waals surface area contributed by atoms with E-state index in [1.165, 1.54) is 0 Å². The molecule has 1 aromatic rings. The van der Waals surface area contributed by atoms with Crippen LogP contribution in [0, 0.1) is 5.92 Å². The quantitative estimate of drug-likeness (QED) is 0.843. The van der Waals surface area contributed by atoms with Crippen molar-refractivity contribution in [1.29, 1.82) is 0 Å². The van der Waals surface area contributed by atoms with E-state index in [-0.39, 0.29) is 23.1 Å². The fourth-order valence-corrected chi connectivity index (χ4v) is 1.98. The van der Waals surface area contributed by atoms with Crippen molar-refractivity contribution in [2.75, 3.05) is 24.6 Å². The van der Waals surface area contributed by atoms with Crippen LogP contribution in [-0.4, -0.2) is 40.6 Å². The molecule has 1 fully saturated rings. The second kappa shape index (κ2) is 5.34. The molecule has 7 nitrogen and oxygen atoms in total. The molecule has 1 unspecified atom stereocenters. The Labute approximate surface area is 109 Å².